The van der Waals surface area contributed by atoms with Crippen molar-refractivity contribution in [1.29, 1.82) is 0 Å². The van der Waals surface area contributed by atoms with Gasteiger partial charge in [-0.3, -0.25) is 24.0 Å². The first-order valence-corrected chi connectivity index (χ1v) is 9.99. The van der Waals surface area contributed by atoms with Gasteiger partial charge in [-0.2, -0.15) is 0 Å². The Morgan fingerprint density at radius 3 is 2.52 bits per heavy atom. The standard InChI is InChI=1S/C21H17BrN4O5/c22-16-9-8-15(31-16)20(28)25(12-14-7-4-10-30-14)17-18(23)26(21(29)24-19(17)27)11-13-5-2-1-3-6-13/h1-10H,11-12,23H2,(H,24,27,29). The highest BCUT2D eigenvalue weighted by atomic mass is 79.9. The number of halogens is 1. The molecule has 0 unspecified atom stereocenters. The fourth-order valence-electron chi connectivity index (χ4n) is 3.13. The second-order valence-corrected chi connectivity index (χ2v) is 7.42. The number of aromatic nitrogens is 2. The van der Waals surface area contributed by atoms with Gasteiger partial charge in [0.25, 0.3) is 11.5 Å². The molecule has 0 spiro atoms. The van der Waals surface area contributed by atoms with Crippen molar-refractivity contribution < 1.29 is 13.6 Å². The molecule has 9 nitrogen and oxygen atoms in total. The molecule has 1 aromatic carbocycles. The number of nitrogens with one attached hydrogen (secondary N) is 1. The van der Waals surface area contributed by atoms with Crippen LogP contribution in [0, 0.1) is 0 Å². The number of amides is 1. The summed E-state index contributed by atoms with van der Waals surface area (Å²) < 4.78 is 12.3. The quantitative estimate of drug-likeness (QED) is 0.432. The highest BCUT2D eigenvalue weighted by Crippen LogP contribution is 2.24. The maximum absolute atomic E-state index is 13.2. The molecule has 0 aliphatic carbocycles. The van der Waals surface area contributed by atoms with Crippen molar-refractivity contribution in [3.63, 3.8) is 0 Å². The van der Waals surface area contributed by atoms with Crippen LogP contribution in [-0.4, -0.2) is 15.5 Å². The number of rotatable bonds is 6. The summed E-state index contributed by atoms with van der Waals surface area (Å²) in [4.78, 5) is 41.8. The van der Waals surface area contributed by atoms with Crippen LogP contribution in [0.4, 0.5) is 11.5 Å². The molecule has 0 saturated heterocycles. The lowest BCUT2D eigenvalue weighted by Crippen LogP contribution is -2.41. The van der Waals surface area contributed by atoms with Gasteiger partial charge in [-0.15, -0.1) is 0 Å². The molecule has 3 N–H and O–H groups in total. The number of hydrogen-bond donors (Lipinski definition) is 2. The summed E-state index contributed by atoms with van der Waals surface area (Å²) >= 11 is 3.16. The summed E-state index contributed by atoms with van der Waals surface area (Å²) in [6.07, 6.45) is 1.45. The third-order valence-electron chi connectivity index (χ3n) is 4.59. The molecule has 4 aromatic rings. The lowest BCUT2D eigenvalue weighted by molar-refractivity contribution is 0.0955. The van der Waals surface area contributed by atoms with E-state index < -0.39 is 17.2 Å². The molecule has 31 heavy (non-hydrogen) atoms. The summed E-state index contributed by atoms with van der Waals surface area (Å²) in [6.45, 7) is 0.0192. The van der Waals surface area contributed by atoms with Crippen LogP contribution < -0.4 is 21.9 Å². The minimum Gasteiger partial charge on any atom is -0.467 e. The Labute approximate surface area is 183 Å². The number of carbonyl (C=O) groups excluding carboxylic acids is 1. The Hall–Kier alpha value is -3.79. The third kappa shape index (κ3) is 4.24. The summed E-state index contributed by atoms with van der Waals surface area (Å²) in [7, 11) is 0. The van der Waals surface area contributed by atoms with Crippen LogP contribution in [0.5, 0.6) is 0 Å². The third-order valence-corrected chi connectivity index (χ3v) is 5.02. The molecular weight excluding hydrogens is 468 g/mol. The summed E-state index contributed by atoms with van der Waals surface area (Å²) in [5, 5.41) is 0. The first-order valence-electron chi connectivity index (χ1n) is 9.20. The molecule has 0 bridgehead atoms. The van der Waals surface area contributed by atoms with Gasteiger partial charge in [-0.25, -0.2) is 4.79 Å². The van der Waals surface area contributed by atoms with Crippen LogP contribution in [0.3, 0.4) is 0 Å². The Balaban J connectivity index is 1.83. The van der Waals surface area contributed by atoms with Gasteiger partial charge in [0.15, 0.2) is 16.1 Å². The molecule has 0 aliphatic heterocycles. The number of aromatic amines is 1. The molecule has 10 heteroatoms. The highest BCUT2D eigenvalue weighted by Gasteiger charge is 2.28. The van der Waals surface area contributed by atoms with E-state index in [0.717, 1.165) is 10.5 Å². The Morgan fingerprint density at radius 1 is 1.10 bits per heavy atom. The van der Waals surface area contributed by atoms with Crippen molar-refractivity contribution in [2.75, 3.05) is 10.6 Å². The molecule has 158 valence electrons. The predicted octanol–water partition coefficient (Wildman–Crippen LogP) is 2.96. The predicted molar refractivity (Wildman–Crippen MR) is 117 cm³/mol. The zero-order chi connectivity index (χ0) is 22.0. The van der Waals surface area contributed by atoms with Gasteiger partial charge >= 0.3 is 5.69 Å². The van der Waals surface area contributed by atoms with Crippen molar-refractivity contribution in [3.05, 3.63) is 103 Å². The molecule has 0 radical (unpaired) electrons. The number of anilines is 2. The van der Waals surface area contributed by atoms with Crippen molar-refractivity contribution in [2.24, 2.45) is 0 Å². The van der Waals surface area contributed by atoms with Gasteiger partial charge in [-0.1, -0.05) is 30.3 Å². The molecule has 1 amide bonds. The van der Waals surface area contributed by atoms with E-state index in [1.807, 2.05) is 30.3 Å². The highest BCUT2D eigenvalue weighted by molar-refractivity contribution is 9.10. The number of nitrogen functional groups attached to an aromatic ring is 1. The number of benzene rings is 1. The molecule has 0 aliphatic rings. The normalized spacial score (nSPS) is 10.9. The van der Waals surface area contributed by atoms with E-state index in [9.17, 15) is 14.4 Å². The second kappa shape index (κ2) is 8.52. The van der Waals surface area contributed by atoms with Crippen molar-refractivity contribution in [3.8, 4) is 0 Å². The fourth-order valence-corrected chi connectivity index (χ4v) is 3.44. The molecule has 3 heterocycles. The van der Waals surface area contributed by atoms with E-state index >= 15 is 0 Å². The van der Waals surface area contributed by atoms with Gasteiger partial charge in [0, 0.05) is 0 Å². The van der Waals surface area contributed by atoms with Gasteiger partial charge < -0.3 is 14.6 Å². The van der Waals surface area contributed by atoms with Crippen LogP contribution in [-0.2, 0) is 13.1 Å². The molecular formula is C21H17BrN4O5. The minimum absolute atomic E-state index is 0.0157. The van der Waals surface area contributed by atoms with Crippen LogP contribution >= 0.6 is 15.9 Å². The first kappa shape index (κ1) is 20.5. The van der Waals surface area contributed by atoms with E-state index in [1.54, 1.807) is 18.2 Å². The lowest BCUT2D eigenvalue weighted by Gasteiger charge is -2.23. The van der Waals surface area contributed by atoms with E-state index in [-0.39, 0.29) is 30.4 Å². The average Bonchev–Trinajstić information content (AvgIpc) is 3.42. The molecule has 0 saturated carbocycles. The largest absolute Gasteiger partial charge is 0.467 e. The number of hydrogen-bond acceptors (Lipinski definition) is 6. The van der Waals surface area contributed by atoms with Gasteiger partial charge in [0.2, 0.25) is 0 Å². The van der Waals surface area contributed by atoms with E-state index in [4.69, 9.17) is 14.6 Å². The van der Waals surface area contributed by atoms with Gasteiger partial charge in [0.1, 0.15) is 11.6 Å². The number of nitrogens with two attached hydrogens (primary N) is 1. The summed E-state index contributed by atoms with van der Waals surface area (Å²) in [5.41, 5.74) is 5.41. The Bertz CT molecular complexity index is 1320. The summed E-state index contributed by atoms with van der Waals surface area (Å²) in [6, 6.07) is 15.5. The smallest absolute Gasteiger partial charge is 0.330 e. The van der Waals surface area contributed by atoms with Crippen molar-refractivity contribution in [1.82, 2.24) is 9.55 Å². The first-order chi connectivity index (χ1) is 14.9. The monoisotopic (exact) mass is 484 g/mol. The van der Waals surface area contributed by atoms with Crippen molar-refractivity contribution >= 4 is 33.3 Å². The zero-order valence-electron chi connectivity index (χ0n) is 16.1. The van der Waals surface area contributed by atoms with E-state index in [2.05, 4.69) is 20.9 Å². The van der Waals surface area contributed by atoms with E-state index in [1.165, 1.54) is 16.9 Å². The SMILES string of the molecule is Nc1c(N(Cc2ccco2)C(=O)c2ccc(Br)o2)c(=O)[nH]c(=O)n1Cc1ccccc1. The maximum Gasteiger partial charge on any atom is 0.330 e. The number of nitrogens with zero attached hydrogens (tertiary/aromatic N) is 2. The number of H-pyrrole nitrogens is 1. The molecule has 3 aromatic heterocycles. The van der Waals surface area contributed by atoms with E-state index in [0.29, 0.717) is 10.4 Å². The second-order valence-electron chi connectivity index (χ2n) is 6.64. The fraction of sp³-hybridized carbons (Fsp3) is 0.0952. The zero-order valence-corrected chi connectivity index (χ0v) is 17.7. The minimum atomic E-state index is -0.794. The van der Waals surface area contributed by atoms with Crippen LogP contribution in [0.2, 0.25) is 0 Å². The Morgan fingerprint density at radius 2 is 1.87 bits per heavy atom. The van der Waals surface area contributed by atoms with Crippen LogP contribution in [0.25, 0.3) is 0 Å². The topological polar surface area (TPSA) is 127 Å². The Kier molecular flexibility index (Phi) is 5.63. The van der Waals surface area contributed by atoms with Gasteiger partial charge in [0.05, 0.1) is 19.4 Å². The summed E-state index contributed by atoms with van der Waals surface area (Å²) in [5.74, 6) is -0.371. The number of furan rings is 2. The van der Waals surface area contributed by atoms with Crippen molar-refractivity contribution in [2.45, 2.75) is 13.1 Å². The van der Waals surface area contributed by atoms with Crippen LogP contribution in [0.1, 0.15) is 21.9 Å². The maximum atomic E-state index is 13.2. The lowest BCUT2D eigenvalue weighted by atomic mass is 10.2. The number of carbonyl (C=O) groups is 1. The molecule has 4 rings (SSSR count). The molecule has 0 fully saturated rings. The molecule has 0 atom stereocenters. The van der Waals surface area contributed by atoms with Crippen LogP contribution in [0.15, 0.2) is 84.0 Å². The van der Waals surface area contributed by atoms with Gasteiger partial charge in [-0.05, 0) is 45.8 Å². The average molecular weight is 485 g/mol.